The van der Waals surface area contributed by atoms with Crippen LogP contribution in [0.5, 0.6) is 0 Å². The molecule has 23 heavy (non-hydrogen) atoms. The van der Waals surface area contributed by atoms with Gasteiger partial charge in [-0.05, 0) is 30.2 Å². The van der Waals surface area contributed by atoms with Crippen LogP contribution in [-0.4, -0.2) is 10.2 Å². The van der Waals surface area contributed by atoms with Crippen molar-refractivity contribution in [3.63, 3.8) is 0 Å². The molecule has 3 rings (SSSR count). The topological polar surface area (TPSA) is 37.8 Å². The molecule has 0 spiro atoms. The van der Waals surface area contributed by atoms with Gasteiger partial charge in [-0.25, -0.2) is 4.39 Å². The number of hydrogen-bond acceptors (Lipinski definition) is 5. The monoisotopic (exact) mass is 345 g/mol. The van der Waals surface area contributed by atoms with Crippen LogP contribution in [-0.2, 0) is 12.3 Å². The van der Waals surface area contributed by atoms with Gasteiger partial charge in [0.25, 0.3) is 0 Å². The van der Waals surface area contributed by atoms with Crippen molar-refractivity contribution in [2.75, 3.05) is 5.32 Å². The molecule has 118 valence electrons. The molecular weight excluding hydrogens is 329 g/mol. The summed E-state index contributed by atoms with van der Waals surface area (Å²) in [6.45, 7) is 2.70. The third-order valence-corrected chi connectivity index (χ3v) is 5.29. The van der Waals surface area contributed by atoms with Crippen LogP contribution in [0.1, 0.15) is 16.7 Å². The van der Waals surface area contributed by atoms with E-state index < -0.39 is 0 Å². The summed E-state index contributed by atoms with van der Waals surface area (Å²) in [5.41, 5.74) is 3.56. The van der Waals surface area contributed by atoms with Crippen LogP contribution < -0.4 is 5.32 Å². The standard InChI is InChI=1S/C17H16FN3S2/c1-12-3-2-4-14(9-12)11-22-17-21-20-16(23-17)19-10-13-5-7-15(18)8-6-13/h2-9H,10-11H2,1H3,(H,19,20). The third-order valence-electron chi connectivity index (χ3n) is 3.21. The van der Waals surface area contributed by atoms with Crippen molar-refractivity contribution in [2.45, 2.75) is 23.6 Å². The number of hydrogen-bond donors (Lipinski definition) is 1. The first-order valence-electron chi connectivity index (χ1n) is 7.19. The minimum atomic E-state index is -0.223. The highest BCUT2D eigenvalue weighted by Crippen LogP contribution is 2.28. The van der Waals surface area contributed by atoms with Crippen LogP contribution in [0.3, 0.4) is 0 Å². The minimum absolute atomic E-state index is 0.223. The van der Waals surface area contributed by atoms with E-state index in [2.05, 4.69) is 46.7 Å². The molecule has 0 atom stereocenters. The van der Waals surface area contributed by atoms with Gasteiger partial charge in [-0.15, -0.1) is 10.2 Å². The molecule has 0 unspecified atom stereocenters. The Morgan fingerprint density at radius 3 is 2.70 bits per heavy atom. The lowest BCUT2D eigenvalue weighted by molar-refractivity contribution is 0.627. The van der Waals surface area contributed by atoms with Crippen molar-refractivity contribution in [2.24, 2.45) is 0 Å². The lowest BCUT2D eigenvalue weighted by atomic mass is 10.2. The Balaban J connectivity index is 1.52. The zero-order valence-electron chi connectivity index (χ0n) is 12.6. The van der Waals surface area contributed by atoms with Gasteiger partial charge in [0.15, 0.2) is 4.34 Å². The SMILES string of the molecule is Cc1cccc(CSc2nnc(NCc3ccc(F)cc3)s2)c1. The van der Waals surface area contributed by atoms with Crippen molar-refractivity contribution in [3.05, 3.63) is 71.0 Å². The number of aryl methyl sites for hydroxylation is 1. The van der Waals surface area contributed by atoms with E-state index in [1.54, 1.807) is 23.9 Å². The zero-order chi connectivity index (χ0) is 16.1. The van der Waals surface area contributed by atoms with E-state index in [-0.39, 0.29) is 5.82 Å². The van der Waals surface area contributed by atoms with Gasteiger partial charge in [-0.2, -0.15) is 0 Å². The predicted octanol–water partition coefficient (Wildman–Crippen LogP) is 4.89. The molecule has 0 fully saturated rings. The van der Waals surface area contributed by atoms with E-state index in [1.807, 2.05) is 0 Å². The summed E-state index contributed by atoms with van der Waals surface area (Å²) in [7, 11) is 0. The summed E-state index contributed by atoms with van der Waals surface area (Å²) in [6.07, 6.45) is 0. The molecule has 6 heteroatoms. The fourth-order valence-corrected chi connectivity index (χ4v) is 3.76. The second-order valence-electron chi connectivity index (χ2n) is 5.13. The molecule has 0 aliphatic rings. The molecule has 0 aliphatic heterocycles. The number of anilines is 1. The molecule has 0 bridgehead atoms. The third kappa shape index (κ3) is 4.77. The first-order valence-corrected chi connectivity index (χ1v) is 8.99. The van der Waals surface area contributed by atoms with Crippen molar-refractivity contribution >= 4 is 28.2 Å². The molecule has 3 aromatic rings. The maximum atomic E-state index is 12.9. The molecular formula is C17H16FN3S2. The quantitative estimate of drug-likeness (QED) is 0.646. The van der Waals surface area contributed by atoms with E-state index in [4.69, 9.17) is 0 Å². The normalized spacial score (nSPS) is 10.7. The molecule has 0 amide bonds. The Hall–Kier alpha value is -1.92. The van der Waals surface area contributed by atoms with Crippen LogP contribution in [0, 0.1) is 12.7 Å². The Morgan fingerprint density at radius 2 is 1.91 bits per heavy atom. The average molecular weight is 345 g/mol. The van der Waals surface area contributed by atoms with Gasteiger partial charge in [0.2, 0.25) is 5.13 Å². The fourth-order valence-electron chi connectivity index (χ4n) is 2.07. The van der Waals surface area contributed by atoms with Crippen LogP contribution in [0.25, 0.3) is 0 Å². The van der Waals surface area contributed by atoms with Gasteiger partial charge in [0.05, 0.1) is 0 Å². The highest BCUT2D eigenvalue weighted by Gasteiger charge is 2.05. The maximum absolute atomic E-state index is 12.9. The number of aromatic nitrogens is 2. The largest absolute Gasteiger partial charge is 0.356 e. The van der Waals surface area contributed by atoms with Crippen molar-refractivity contribution in [1.82, 2.24) is 10.2 Å². The summed E-state index contributed by atoms with van der Waals surface area (Å²) in [5, 5.41) is 12.3. The van der Waals surface area contributed by atoms with Gasteiger partial charge < -0.3 is 5.32 Å². The summed E-state index contributed by atoms with van der Waals surface area (Å²) in [5.74, 6) is 0.661. The first kappa shape index (κ1) is 16.0. The van der Waals surface area contributed by atoms with Crippen LogP contribution >= 0.6 is 23.1 Å². The zero-order valence-corrected chi connectivity index (χ0v) is 14.3. The molecule has 1 aromatic heterocycles. The lowest BCUT2D eigenvalue weighted by Crippen LogP contribution is -1.98. The second-order valence-corrected chi connectivity index (χ2v) is 7.33. The summed E-state index contributed by atoms with van der Waals surface area (Å²) < 4.78 is 13.8. The molecule has 2 aromatic carbocycles. The number of nitrogens with zero attached hydrogens (tertiary/aromatic N) is 2. The lowest BCUT2D eigenvalue weighted by Gasteiger charge is -2.01. The fraction of sp³-hybridized carbons (Fsp3) is 0.176. The van der Waals surface area contributed by atoms with Crippen molar-refractivity contribution in [3.8, 4) is 0 Å². The number of rotatable bonds is 6. The molecule has 0 saturated heterocycles. The van der Waals surface area contributed by atoms with E-state index in [1.165, 1.54) is 34.6 Å². The highest BCUT2D eigenvalue weighted by atomic mass is 32.2. The number of benzene rings is 2. The summed E-state index contributed by atoms with van der Waals surface area (Å²) in [4.78, 5) is 0. The molecule has 1 heterocycles. The van der Waals surface area contributed by atoms with Crippen LogP contribution in [0.2, 0.25) is 0 Å². The van der Waals surface area contributed by atoms with Gasteiger partial charge in [0, 0.05) is 12.3 Å². The van der Waals surface area contributed by atoms with Crippen molar-refractivity contribution < 1.29 is 4.39 Å². The Kier molecular flexibility index (Phi) is 5.25. The Bertz CT molecular complexity index is 772. The van der Waals surface area contributed by atoms with Crippen LogP contribution in [0.4, 0.5) is 9.52 Å². The first-order chi connectivity index (χ1) is 11.2. The smallest absolute Gasteiger partial charge is 0.206 e. The van der Waals surface area contributed by atoms with Crippen LogP contribution in [0.15, 0.2) is 52.9 Å². The summed E-state index contributed by atoms with van der Waals surface area (Å²) >= 11 is 3.22. The van der Waals surface area contributed by atoms with E-state index in [9.17, 15) is 4.39 Å². The van der Waals surface area contributed by atoms with Crippen molar-refractivity contribution in [1.29, 1.82) is 0 Å². The molecule has 0 aliphatic carbocycles. The molecule has 3 nitrogen and oxygen atoms in total. The van der Waals surface area contributed by atoms with Gasteiger partial charge >= 0.3 is 0 Å². The molecule has 0 radical (unpaired) electrons. The van der Waals surface area contributed by atoms with Gasteiger partial charge in [0.1, 0.15) is 5.82 Å². The highest BCUT2D eigenvalue weighted by molar-refractivity contribution is 8.00. The Labute approximate surface area is 143 Å². The van der Waals surface area contributed by atoms with E-state index >= 15 is 0 Å². The Morgan fingerprint density at radius 1 is 1.09 bits per heavy atom. The average Bonchev–Trinajstić information content (AvgIpc) is 3.00. The number of nitrogens with one attached hydrogen (secondary N) is 1. The van der Waals surface area contributed by atoms with Gasteiger partial charge in [-0.1, -0.05) is 65.1 Å². The second kappa shape index (κ2) is 7.57. The maximum Gasteiger partial charge on any atom is 0.206 e. The van der Waals surface area contributed by atoms with E-state index in [0.717, 1.165) is 20.8 Å². The molecule has 0 saturated carbocycles. The van der Waals surface area contributed by atoms with Gasteiger partial charge in [-0.3, -0.25) is 0 Å². The summed E-state index contributed by atoms with van der Waals surface area (Å²) in [6, 6.07) is 14.9. The van der Waals surface area contributed by atoms with E-state index in [0.29, 0.717) is 6.54 Å². The number of halogens is 1. The molecule has 1 N–H and O–H groups in total. The minimum Gasteiger partial charge on any atom is -0.356 e. The number of thioether (sulfide) groups is 1. The predicted molar refractivity (Wildman–Crippen MR) is 94.4 cm³/mol.